The zero-order valence-corrected chi connectivity index (χ0v) is 15.6. The molecule has 5 heteroatoms. The molecule has 29 heavy (non-hydrogen) atoms. The summed E-state index contributed by atoms with van der Waals surface area (Å²) in [5.74, 6) is -0.509. The fourth-order valence-electron chi connectivity index (χ4n) is 3.13. The summed E-state index contributed by atoms with van der Waals surface area (Å²) in [7, 11) is 0. The van der Waals surface area contributed by atoms with E-state index in [0.717, 1.165) is 10.8 Å². The average molecular weight is 381 g/mol. The molecule has 0 atom stereocenters. The SMILES string of the molecule is Nc1ccc(C(=O)Nc2cc(C(=O)Nc3ccccc3)c3ccccc3c2)cc1. The first-order valence-electron chi connectivity index (χ1n) is 9.16. The number of nitrogens with one attached hydrogen (secondary N) is 2. The van der Waals surface area contributed by atoms with Crippen LogP contribution in [0.2, 0.25) is 0 Å². The zero-order chi connectivity index (χ0) is 20.2. The van der Waals surface area contributed by atoms with Gasteiger partial charge in [0.25, 0.3) is 11.8 Å². The predicted octanol–water partition coefficient (Wildman–Crippen LogP) is 4.93. The summed E-state index contributed by atoms with van der Waals surface area (Å²) in [6, 6.07) is 27.0. The van der Waals surface area contributed by atoms with Crippen molar-refractivity contribution in [2.24, 2.45) is 0 Å². The number of rotatable bonds is 4. The minimum atomic E-state index is -0.269. The second-order valence-electron chi connectivity index (χ2n) is 6.64. The maximum atomic E-state index is 12.9. The standard InChI is InChI=1S/C24H19N3O2/c25-18-12-10-16(11-13-18)23(28)27-20-14-17-6-4-5-9-21(17)22(15-20)24(29)26-19-7-2-1-3-8-19/h1-15H,25H2,(H,26,29)(H,27,28). The Hall–Kier alpha value is -4.12. The van der Waals surface area contributed by atoms with E-state index in [2.05, 4.69) is 10.6 Å². The average Bonchev–Trinajstić information content (AvgIpc) is 2.74. The molecule has 0 heterocycles. The van der Waals surface area contributed by atoms with E-state index in [9.17, 15) is 9.59 Å². The minimum Gasteiger partial charge on any atom is -0.399 e. The maximum absolute atomic E-state index is 12.9. The van der Waals surface area contributed by atoms with Crippen LogP contribution in [0.1, 0.15) is 20.7 Å². The van der Waals surface area contributed by atoms with Crippen LogP contribution in [0.15, 0.2) is 91.0 Å². The summed E-state index contributed by atoms with van der Waals surface area (Å²) < 4.78 is 0. The Bertz CT molecular complexity index is 1190. The molecule has 4 aromatic rings. The number of carbonyl (C=O) groups is 2. The fourth-order valence-corrected chi connectivity index (χ4v) is 3.13. The molecule has 0 radical (unpaired) electrons. The molecule has 2 amide bonds. The lowest BCUT2D eigenvalue weighted by Crippen LogP contribution is -2.15. The maximum Gasteiger partial charge on any atom is 0.256 e. The van der Waals surface area contributed by atoms with Gasteiger partial charge in [0.1, 0.15) is 0 Å². The third kappa shape index (κ3) is 4.09. The number of hydrogen-bond donors (Lipinski definition) is 3. The van der Waals surface area contributed by atoms with Crippen LogP contribution in [0.4, 0.5) is 17.1 Å². The lowest BCUT2D eigenvalue weighted by atomic mass is 10.0. The van der Waals surface area contributed by atoms with Gasteiger partial charge < -0.3 is 16.4 Å². The summed E-state index contributed by atoms with van der Waals surface area (Å²) >= 11 is 0. The van der Waals surface area contributed by atoms with Gasteiger partial charge in [-0.25, -0.2) is 0 Å². The highest BCUT2D eigenvalue weighted by Gasteiger charge is 2.14. The van der Waals surface area contributed by atoms with Crippen molar-refractivity contribution < 1.29 is 9.59 Å². The molecular formula is C24H19N3O2. The van der Waals surface area contributed by atoms with Crippen LogP contribution in [-0.2, 0) is 0 Å². The molecule has 0 aliphatic rings. The predicted molar refractivity (Wildman–Crippen MR) is 117 cm³/mol. The number of nitrogen functional groups attached to an aromatic ring is 1. The van der Waals surface area contributed by atoms with Gasteiger partial charge in [0.15, 0.2) is 0 Å². The normalized spacial score (nSPS) is 10.5. The van der Waals surface area contributed by atoms with Crippen molar-refractivity contribution in [2.45, 2.75) is 0 Å². The van der Waals surface area contributed by atoms with Gasteiger partial charge in [-0.05, 0) is 59.3 Å². The highest BCUT2D eigenvalue weighted by molar-refractivity contribution is 6.15. The van der Waals surface area contributed by atoms with Crippen LogP contribution >= 0.6 is 0 Å². The fraction of sp³-hybridized carbons (Fsp3) is 0. The van der Waals surface area contributed by atoms with E-state index in [4.69, 9.17) is 5.73 Å². The van der Waals surface area contributed by atoms with Crippen LogP contribution in [0.5, 0.6) is 0 Å². The van der Waals surface area contributed by atoms with Crippen molar-refractivity contribution in [2.75, 3.05) is 16.4 Å². The number of carbonyl (C=O) groups excluding carboxylic acids is 2. The number of nitrogens with two attached hydrogens (primary N) is 1. The largest absolute Gasteiger partial charge is 0.399 e. The minimum absolute atomic E-state index is 0.240. The molecule has 0 spiro atoms. The molecule has 0 aromatic heterocycles. The van der Waals surface area contributed by atoms with E-state index in [1.165, 1.54) is 0 Å². The molecule has 4 rings (SSSR count). The zero-order valence-electron chi connectivity index (χ0n) is 15.6. The summed E-state index contributed by atoms with van der Waals surface area (Å²) in [4.78, 5) is 25.5. The van der Waals surface area contributed by atoms with Gasteiger partial charge >= 0.3 is 0 Å². The molecule has 4 N–H and O–H groups in total. The second-order valence-corrected chi connectivity index (χ2v) is 6.64. The quantitative estimate of drug-likeness (QED) is 0.438. The highest BCUT2D eigenvalue weighted by atomic mass is 16.2. The Morgan fingerprint density at radius 3 is 2.07 bits per heavy atom. The molecule has 5 nitrogen and oxygen atoms in total. The molecule has 4 aromatic carbocycles. The number of benzene rings is 4. The molecule has 0 aliphatic carbocycles. The van der Waals surface area contributed by atoms with Crippen LogP contribution in [0, 0.1) is 0 Å². The Morgan fingerprint density at radius 2 is 1.31 bits per heavy atom. The first kappa shape index (κ1) is 18.3. The molecule has 0 aliphatic heterocycles. The highest BCUT2D eigenvalue weighted by Crippen LogP contribution is 2.25. The van der Waals surface area contributed by atoms with Crippen LogP contribution in [0.25, 0.3) is 10.8 Å². The molecule has 0 saturated carbocycles. The van der Waals surface area contributed by atoms with Gasteiger partial charge in [-0.15, -0.1) is 0 Å². The lowest BCUT2D eigenvalue weighted by Gasteiger charge is -2.12. The smallest absolute Gasteiger partial charge is 0.256 e. The van der Waals surface area contributed by atoms with Crippen molar-refractivity contribution >= 4 is 39.6 Å². The summed E-state index contributed by atoms with van der Waals surface area (Å²) in [5.41, 5.74) is 8.50. The number of fused-ring (bicyclic) bond motifs is 1. The van der Waals surface area contributed by atoms with Crippen molar-refractivity contribution in [1.82, 2.24) is 0 Å². The van der Waals surface area contributed by atoms with Crippen molar-refractivity contribution in [3.8, 4) is 0 Å². The molecule has 0 unspecified atom stereocenters. The molecule has 0 bridgehead atoms. The van der Waals surface area contributed by atoms with E-state index in [-0.39, 0.29) is 11.8 Å². The number of hydrogen-bond acceptors (Lipinski definition) is 3. The van der Waals surface area contributed by atoms with E-state index in [1.807, 2.05) is 60.7 Å². The van der Waals surface area contributed by atoms with Crippen LogP contribution in [-0.4, -0.2) is 11.8 Å². The van der Waals surface area contributed by atoms with Gasteiger partial charge in [-0.2, -0.15) is 0 Å². The van der Waals surface area contributed by atoms with E-state index >= 15 is 0 Å². The van der Waals surface area contributed by atoms with Gasteiger partial charge in [-0.3, -0.25) is 9.59 Å². The Kier molecular flexibility index (Phi) is 4.95. The third-order valence-corrected chi connectivity index (χ3v) is 4.57. The number of amides is 2. The molecule has 142 valence electrons. The Morgan fingerprint density at radius 1 is 0.655 bits per heavy atom. The monoisotopic (exact) mass is 381 g/mol. The van der Waals surface area contributed by atoms with Crippen LogP contribution < -0.4 is 16.4 Å². The second kappa shape index (κ2) is 7.86. The van der Waals surface area contributed by atoms with Crippen LogP contribution in [0.3, 0.4) is 0 Å². The van der Waals surface area contributed by atoms with E-state index < -0.39 is 0 Å². The summed E-state index contributed by atoms with van der Waals surface area (Å²) in [5, 5.41) is 7.45. The summed E-state index contributed by atoms with van der Waals surface area (Å²) in [6.45, 7) is 0. The third-order valence-electron chi connectivity index (χ3n) is 4.57. The van der Waals surface area contributed by atoms with E-state index in [1.54, 1.807) is 30.3 Å². The molecule has 0 saturated heterocycles. The van der Waals surface area contributed by atoms with E-state index in [0.29, 0.717) is 28.2 Å². The Balaban J connectivity index is 1.67. The van der Waals surface area contributed by atoms with Crippen molar-refractivity contribution in [1.29, 1.82) is 0 Å². The van der Waals surface area contributed by atoms with Gasteiger partial charge in [0.2, 0.25) is 0 Å². The first-order chi connectivity index (χ1) is 14.1. The summed E-state index contributed by atoms with van der Waals surface area (Å²) in [6.07, 6.45) is 0. The van der Waals surface area contributed by atoms with Gasteiger partial charge in [0.05, 0.1) is 0 Å². The van der Waals surface area contributed by atoms with Crippen molar-refractivity contribution in [3.63, 3.8) is 0 Å². The molecular weight excluding hydrogens is 362 g/mol. The molecule has 0 fully saturated rings. The topological polar surface area (TPSA) is 84.2 Å². The van der Waals surface area contributed by atoms with Gasteiger partial charge in [-0.1, -0.05) is 42.5 Å². The first-order valence-corrected chi connectivity index (χ1v) is 9.16. The lowest BCUT2D eigenvalue weighted by molar-refractivity contribution is 0.101. The number of anilines is 3. The van der Waals surface area contributed by atoms with Gasteiger partial charge in [0, 0.05) is 28.2 Å². The Labute approximate surface area is 168 Å². The van der Waals surface area contributed by atoms with Crippen molar-refractivity contribution in [3.05, 3.63) is 102 Å². The number of para-hydroxylation sites is 1.